The maximum atomic E-state index is 12.0. The topological polar surface area (TPSA) is 60.5 Å². The van der Waals surface area contributed by atoms with Crippen molar-refractivity contribution >= 4 is 51.0 Å². The first-order chi connectivity index (χ1) is 15.5. The molecular formula is C24H21ClN2O3S2. The van der Waals surface area contributed by atoms with Gasteiger partial charge in [-0.15, -0.1) is 11.3 Å². The molecule has 0 radical (unpaired) electrons. The van der Waals surface area contributed by atoms with Crippen LogP contribution in [-0.4, -0.2) is 18.2 Å². The molecule has 3 aromatic carbocycles. The molecule has 1 amide bonds. The number of para-hydroxylation sites is 1. The molecule has 0 saturated carbocycles. The first-order valence-electron chi connectivity index (χ1n) is 9.86. The Morgan fingerprint density at radius 3 is 2.66 bits per heavy atom. The van der Waals surface area contributed by atoms with Gasteiger partial charge >= 0.3 is 6.09 Å². The molecule has 0 aliphatic rings. The number of rotatable bonds is 7. The Kier molecular flexibility index (Phi) is 7.19. The molecule has 0 fully saturated rings. The zero-order chi connectivity index (χ0) is 22.5. The predicted octanol–water partition coefficient (Wildman–Crippen LogP) is 6.98. The summed E-state index contributed by atoms with van der Waals surface area (Å²) in [5.41, 5.74) is 2.94. The molecule has 1 heterocycles. The number of nitrogens with one attached hydrogen (secondary N) is 1. The molecule has 0 saturated heterocycles. The molecular weight excluding hydrogens is 464 g/mol. The summed E-state index contributed by atoms with van der Waals surface area (Å²) in [6, 6.07) is 21.4. The second-order valence-electron chi connectivity index (χ2n) is 6.97. The fourth-order valence-corrected chi connectivity index (χ4v) is 5.26. The molecule has 0 aliphatic carbocycles. The van der Waals surface area contributed by atoms with Crippen molar-refractivity contribution in [2.24, 2.45) is 0 Å². The van der Waals surface area contributed by atoms with Crippen molar-refractivity contribution in [2.75, 3.05) is 7.11 Å². The summed E-state index contributed by atoms with van der Waals surface area (Å²) in [4.78, 5) is 17.5. The number of alkyl carbamates (subject to hydrolysis) is 1. The number of carbonyl (C=O) groups excluding carboxylic acids is 1. The smallest absolute Gasteiger partial charge is 0.408 e. The van der Waals surface area contributed by atoms with E-state index in [2.05, 4.69) is 16.4 Å². The van der Waals surface area contributed by atoms with E-state index in [0.717, 1.165) is 37.0 Å². The minimum absolute atomic E-state index is 0.332. The van der Waals surface area contributed by atoms with Crippen LogP contribution in [0.1, 0.15) is 21.5 Å². The van der Waals surface area contributed by atoms with Crippen LogP contribution in [0.15, 0.2) is 71.6 Å². The highest BCUT2D eigenvalue weighted by molar-refractivity contribution is 7.99. The zero-order valence-electron chi connectivity index (χ0n) is 17.5. The molecule has 1 unspecified atom stereocenters. The molecule has 1 N–H and O–H groups in total. The molecule has 164 valence electrons. The van der Waals surface area contributed by atoms with Gasteiger partial charge in [-0.2, -0.15) is 0 Å². The summed E-state index contributed by atoms with van der Waals surface area (Å²) < 4.78 is 12.0. The van der Waals surface area contributed by atoms with Gasteiger partial charge < -0.3 is 14.8 Å². The number of amides is 1. The van der Waals surface area contributed by atoms with E-state index in [-0.39, 0.29) is 5.37 Å². The summed E-state index contributed by atoms with van der Waals surface area (Å²) in [5, 5.41) is 4.16. The third-order valence-electron chi connectivity index (χ3n) is 4.73. The molecule has 1 aromatic heterocycles. The fourth-order valence-electron chi connectivity index (χ4n) is 3.14. The average molecular weight is 485 g/mol. The Labute approximate surface area is 199 Å². The van der Waals surface area contributed by atoms with E-state index in [4.69, 9.17) is 21.1 Å². The van der Waals surface area contributed by atoms with Gasteiger partial charge in [0.05, 0.1) is 17.3 Å². The molecule has 0 spiro atoms. The van der Waals surface area contributed by atoms with Crippen LogP contribution in [-0.2, 0) is 11.3 Å². The van der Waals surface area contributed by atoms with Crippen LogP contribution >= 0.6 is 34.7 Å². The Balaban J connectivity index is 1.50. The van der Waals surface area contributed by atoms with Gasteiger partial charge in [0.1, 0.15) is 22.7 Å². The number of nitrogens with zero attached hydrogens (tertiary/aromatic N) is 1. The van der Waals surface area contributed by atoms with Crippen molar-refractivity contribution in [3.05, 3.63) is 87.9 Å². The van der Waals surface area contributed by atoms with E-state index < -0.39 is 6.09 Å². The number of halogens is 1. The molecule has 1 atom stereocenters. The number of aromatic nitrogens is 1. The quantitative estimate of drug-likeness (QED) is 0.226. The van der Waals surface area contributed by atoms with Crippen molar-refractivity contribution in [2.45, 2.75) is 23.8 Å². The van der Waals surface area contributed by atoms with E-state index in [0.29, 0.717) is 11.6 Å². The number of thiazole rings is 1. The van der Waals surface area contributed by atoms with Crippen LogP contribution in [0.3, 0.4) is 0 Å². The van der Waals surface area contributed by atoms with Crippen molar-refractivity contribution in [3.8, 4) is 5.75 Å². The molecule has 8 heteroatoms. The van der Waals surface area contributed by atoms with Crippen LogP contribution in [0.4, 0.5) is 4.79 Å². The van der Waals surface area contributed by atoms with E-state index in [1.165, 1.54) is 18.9 Å². The lowest BCUT2D eigenvalue weighted by Crippen LogP contribution is -2.26. The van der Waals surface area contributed by atoms with E-state index >= 15 is 0 Å². The summed E-state index contributed by atoms with van der Waals surface area (Å²) in [6.45, 7) is 2.40. The van der Waals surface area contributed by atoms with Gasteiger partial charge in [-0.3, -0.25) is 0 Å². The number of methoxy groups -OCH3 is 1. The second-order valence-corrected chi connectivity index (χ2v) is 9.70. The Hall–Kier alpha value is -2.74. The van der Waals surface area contributed by atoms with E-state index in [1.54, 1.807) is 11.3 Å². The standard InChI is InChI=1S/C24H21ClN2O3S2/c1-15-13-17(30-14-22-26-20-5-3-4-6-21(20)32-22)9-12-19(15)23(27-24(28)29-2)31-18-10-7-16(25)8-11-18/h3-13,23H,14H2,1-2H3,(H,27,28). The highest BCUT2D eigenvalue weighted by Gasteiger charge is 2.19. The third-order valence-corrected chi connectivity index (χ3v) is 7.14. The van der Waals surface area contributed by atoms with Gasteiger partial charge in [0, 0.05) is 9.92 Å². The monoisotopic (exact) mass is 484 g/mol. The van der Waals surface area contributed by atoms with Gasteiger partial charge in [-0.1, -0.05) is 41.6 Å². The van der Waals surface area contributed by atoms with Gasteiger partial charge in [0.25, 0.3) is 0 Å². The van der Waals surface area contributed by atoms with E-state index in [1.807, 2.05) is 67.6 Å². The molecule has 4 rings (SSSR count). The second kappa shape index (κ2) is 10.3. The fraction of sp³-hybridized carbons (Fsp3) is 0.167. The SMILES string of the molecule is COC(=O)NC(Sc1ccc(Cl)cc1)c1ccc(OCc2nc3ccccc3s2)cc1C. The number of benzene rings is 3. The van der Waals surface area contributed by atoms with E-state index in [9.17, 15) is 4.79 Å². The lowest BCUT2D eigenvalue weighted by molar-refractivity contribution is 0.170. The molecule has 32 heavy (non-hydrogen) atoms. The zero-order valence-corrected chi connectivity index (χ0v) is 19.9. The van der Waals surface area contributed by atoms with Crippen LogP contribution in [0.2, 0.25) is 5.02 Å². The van der Waals surface area contributed by atoms with Crippen LogP contribution in [0.5, 0.6) is 5.75 Å². The largest absolute Gasteiger partial charge is 0.486 e. The van der Waals surface area contributed by atoms with Crippen molar-refractivity contribution in [1.29, 1.82) is 0 Å². The Morgan fingerprint density at radius 2 is 1.94 bits per heavy atom. The molecule has 0 bridgehead atoms. The van der Waals surface area contributed by atoms with Crippen LogP contribution in [0.25, 0.3) is 10.2 Å². The lowest BCUT2D eigenvalue weighted by atomic mass is 10.1. The third kappa shape index (κ3) is 5.54. The highest BCUT2D eigenvalue weighted by Crippen LogP contribution is 2.36. The van der Waals surface area contributed by atoms with Gasteiger partial charge in [-0.25, -0.2) is 9.78 Å². The average Bonchev–Trinajstić information content (AvgIpc) is 3.22. The first-order valence-corrected chi connectivity index (χ1v) is 11.9. The van der Waals surface area contributed by atoms with Gasteiger partial charge in [0.2, 0.25) is 0 Å². The number of thioether (sulfide) groups is 1. The van der Waals surface area contributed by atoms with Crippen molar-refractivity contribution < 1.29 is 14.3 Å². The Morgan fingerprint density at radius 1 is 1.16 bits per heavy atom. The lowest BCUT2D eigenvalue weighted by Gasteiger charge is -2.20. The predicted molar refractivity (Wildman–Crippen MR) is 131 cm³/mol. The molecule has 5 nitrogen and oxygen atoms in total. The van der Waals surface area contributed by atoms with Gasteiger partial charge in [0.15, 0.2) is 0 Å². The number of fused-ring (bicyclic) bond motifs is 1. The summed E-state index contributed by atoms with van der Waals surface area (Å²) in [5.74, 6) is 0.749. The minimum atomic E-state index is -0.493. The first kappa shape index (κ1) is 22.5. The number of hydrogen-bond donors (Lipinski definition) is 1. The van der Waals surface area contributed by atoms with Crippen LogP contribution < -0.4 is 10.1 Å². The van der Waals surface area contributed by atoms with Gasteiger partial charge in [-0.05, 0) is 66.6 Å². The summed E-state index contributed by atoms with van der Waals surface area (Å²) in [7, 11) is 1.35. The highest BCUT2D eigenvalue weighted by atomic mass is 35.5. The summed E-state index contributed by atoms with van der Waals surface area (Å²) in [6.07, 6.45) is -0.493. The molecule has 4 aromatic rings. The number of hydrogen-bond acceptors (Lipinski definition) is 6. The number of aryl methyl sites for hydroxylation is 1. The number of ether oxygens (including phenoxy) is 2. The molecule has 0 aliphatic heterocycles. The number of carbonyl (C=O) groups is 1. The van der Waals surface area contributed by atoms with Crippen molar-refractivity contribution in [3.63, 3.8) is 0 Å². The normalized spacial score (nSPS) is 11.8. The maximum Gasteiger partial charge on any atom is 0.408 e. The maximum absolute atomic E-state index is 12.0. The summed E-state index contributed by atoms with van der Waals surface area (Å²) >= 11 is 9.13. The van der Waals surface area contributed by atoms with Crippen molar-refractivity contribution in [1.82, 2.24) is 10.3 Å². The van der Waals surface area contributed by atoms with Crippen LogP contribution in [0, 0.1) is 6.92 Å². The minimum Gasteiger partial charge on any atom is -0.486 e. The Bertz CT molecular complexity index is 1190.